The van der Waals surface area contributed by atoms with E-state index < -0.39 is 0 Å². The van der Waals surface area contributed by atoms with Crippen LogP contribution in [0.25, 0.3) is 6.08 Å². The summed E-state index contributed by atoms with van der Waals surface area (Å²) in [6.45, 7) is 2.49. The van der Waals surface area contributed by atoms with Gasteiger partial charge in [-0.1, -0.05) is 0 Å². The zero-order valence-electron chi connectivity index (χ0n) is 17.6. The summed E-state index contributed by atoms with van der Waals surface area (Å²) in [4.78, 5) is 28.5. The number of ether oxygens (including phenoxy) is 2. The molecule has 0 aliphatic carbocycles. The molecule has 0 bridgehead atoms. The number of piperazine rings is 1. The Balaban J connectivity index is 1.47. The van der Waals surface area contributed by atoms with E-state index in [1.54, 1.807) is 31.3 Å². The first-order chi connectivity index (χ1) is 15.0. The van der Waals surface area contributed by atoms with Crippen LogP contribution in [0.4, 0.5) is 10.1 Å². The van der Waals surface area contributed by atoms with E-state index in [2.05, 4.69) is 5.32 Å². The number of methoxy groups -OCH3 is 2. The molecule has 0 atom stereocenters. The highest BCUT2D eigenvalue weighted by Gasteiger charge is 2.21. The number of carbonyl (C=O) groups excluding carboxylic acids is 2. The molecule has 0 unspecified atom stereocenters. The van der Waals surface area contributed by atoms with Gasteiger partial charge in [-0.15, -0.1) is 0 Å². The summed E-state index contributed by atoms with van der Waals surface area (Å²) >= 11 is 0. The van der Waals surface area contributed by atoms with Gasteiger partial charge in [-0.05, 0) is 42.5 Å². The van der Waals surface area contributed by atoms with Gasteiger partial charge >= 0.3 is 0 Å². The Labute approximate surface area is 181 Å². The second kappa shape index (κ2) is 10.6. The molecule has 7 nitrogen and oxygen atoms in total. The topological polar surface area (TPSA) is 71.1 Å². The number of halogens is 1. The fraction of sp³-hybridized carbons (Fsp3) is 0.304. The summed E-state index contributed by atoms with van der Waals surface area (Å²) < 4.78 is 23.5. The van der Waals surface area contributed by atoms with Gasteiger partial charge in [0.2, 0.25) is 11.8 Å². The van der Waals surface area contributed by atoms with Crippen LogP contribution in [0.2, 0.25) is 0 Å². The summed E-state index contributed by atoms with van der Waals surface area (Å²) in [5.74, 6) is 0.699. The lowest BCUT2D eigenvalue weighted by Gasteiger charge is -2.33. The summed E-state index contributed by atoms with van der Waals surface area (Å²) in [7, 11) is 3.15. The highest BCUT2D eigenvalue weighted by molar-refractivity contribution is 5.93. The molecule has 0 spiro atoms. The van der Waals surface area contributed by atoms with Crippen LogP contribution in [-0.4, -0.2) is 68.6 Å². The molecule has 2 aromatic carbocycles. The molecule has 164 valence electrons. The molecule has 0 saturated carbocycles. The van der Waals surface area contributed by atoms with E-state index in [-0.39, 0.29) is 24.2 Å². The quantitative estimate of drug-likeness (QED) is 0.688. The molecule has 2 aromatic rings. The molecular weight excluding hydrogens is 401 g/mol. The van der Waals surface area contributed by atoms with Gasteiger partial charge in [-0.25, -0.2) is 4.39 Å². The van der Waals surface area contributed by atoms with E-state index in [4.69, 9.17) is 9.47 Å². The smallest absolute Gasteiger partial charge is 0.246 e. The van der Waals surface area contributed by atoms with E-state index >= 15 is 0 Å². The first-order valence-electron chi connectivity index (χ1n) is 9.95. The first kappa shape index (κ1) is 22.3. The fourth-order valence-corrected chi connectivity index (χ4v) is 3.29. The van der Waals surface area contributed by atoms with Crippen molar-refractivity contribution >= 4 is 23.6 Å². The summed E-state index contributed by atoms with van der Waals surface area (Å²) in [6.07, 6.45) is 3.25. The number of carbonyl (C=O) groups is 2. The number of nitrogens with one attached hydrogen (secondary N) is 1. The van der Waals surface area contributed by atoms with Crippen molar-refractivity contribution in [3.05, 3.63) is 59.9 Å². The fourth-order valence-electron chi connectivity index (χ4n) is 3.29. The third kappa shape index (κ3) is 6.29. The van der Waals surface area contributed by atoms with Crippen molar-refractivity contribution in [1.29, 1.82) is 0 Å². The number of benzene rings is 2. The summed E-state index contributed by atoms with van der Waals surface area (Å²) in [5, 5.41) is 2.75. The van der Waals surface area contributed by atoms with Gasteiger partial charge < -0.3 is 19.7 Å². The van der Waals surface area contributed by atoms with Crippen molar-refractivity contribution < 1.29 is 23.5 Å². The van der Waals surface area contributed by atoms with Crippen LogP contribution in [-0.2, 0) is 9.59 Å². The maximum Gasteiger partial charge on any atom is 0.246 e. The van der Waals surface area contributed by atoms with Gasteiger partial charge in [0.05, 0.1) is 20.8 Å². The summed E-state index contributed by atoms with van der Waals surface area (Å²) in [5.41, 5.74) is 1.34. The van der Waals surface area contributed by atoms with Gasteiger partial charge in [0.1, 0.15) is 17.3 Å². The van der Waals surface area contributed by atoms with Crippen LogP contribution in [0.3, 0.4) is 0 Å². The lowest BCUT2D eigenvalue weighted by molar-refractivity contribution is -0.127. The first-order valence-corrected chi connectivity index (χ1v) is 9.95. The van der Waals surface area contributed by atoms with Crippen molar-refractivity contribution in [2.45, 2.75) is 0 Å². The molecule has 8 heteroatoms. The van der Waals surface area contributed by atoms with E-state index in [1.807, 2.05) is 17.0 Å². The van der Waals surface area contributed by atoms with Crippen LogP contribution < -0.4 is 14.8 Å². The van der Waals surface area contributed by atoms with Crippen LogP contribution in [0.1, 0.15) is 5.56 Å². The zero-order valence-corrected chi connectivity index (χ0v) is 17.6. The van der Waals surface area contributed by atoms with Gasteiger partial charge in [0.15, 0.2) is 0 Å². The second-order valence-electron chi connectivity index (χ2n) is 7.10. The largest absolute Gasteiger partial charge is 0.497 e. The SMILES string of the molecule is COc1ccc(C=CC(=O)N2CCN(CC(=O)Nc3ccc(F)cc3)CC2)c(OC)c1. The molecular formula is C23H26FN3O4. The molecule has 0 radical (unpaired) electrons. The minimum absolute atomic E-state index is 0.0896. The third-order valence-corrected chi connectivity index (χ3v) is 5.03. The predicted molar refractivity (Wildman–Crippen MR) is 117 cm³/mol. The maximum atomic E-state index is 12.9. The van der Waals surface area contributed by atoms with Gasteiger partial charge in [-0.3, -0.25) is 14.5 Å². The minimum Gasteiger partial charge on any atom is -0.497 e. The Morgan fingerprint density at radius 1 is 1.03 bits per heavy atom. The molecule has 0 aromatic heterocycles. The van der Waals surface area contributed by atoms with Gasteiger partial charge in [0.25, 0.3) is 0 Å². The van der Waals surface area contributed by atoms with Crippen molar-refractivity contribution in [3.63, 3.8) is 0 Å². The number of hydrogen-bond acceptors (Lipinski definition) is 5. The van der Waals surface area contributed by atoms with E-state index in [1.165, 1.54) is 30.3 Å². The molecule has 1 heterocycles. The summed E-state index contributed by atoms with van der Waals surface area (Å²) in [6, 6.07) is 11.0. The third-order valence-electron chi connectivity index (χ3n) is 5.03. The van der Waals surface area contributed by atoms with Crippen LogP contribution in [0.5, 0.6) is 11.5 Å². The normalized spacial score (nSPS) is 14.5. The highest BCUT2D eigenvalue weighted by atomic mass is 19.1. The van der Waals surface area contributed by atoms with Gasteiger partial charge in [0, 0.05) is 49.6 Å². The van der Waals surface area contributed by atoms with E-state index in [0.717, 1.165) is 5.56 Å². The van der Waals surface area contributed by atoms with E-state index in [9.17, 15) is 14.0 Å². The average Bonchev–Trinajstić information content (AvgIpc) is 2.79. The Hall–Kier alpha value is -3.39. The monoisotopic (exact) mass is 427 g/mol. The molecule has 2 amide bonds. The van der Waals surface area contributed by atoms with E-state index in [0.29, 0.717) is 43.4 Å². The molecule has 1 saturated heterocycles. The number of amides is 2. The Kier molecular flexibility index (Phi) is 7.61. The van der Waals surface area contributed by atoms with Gasteiger partial charge in [-0.2, -0.15) is 0 Å². The number of rotatable bonds is 7. The minimum atomic E-state index is -0.349. The molecule has 1 aliphatic heterocycles. The number of anilines is 1. The molecule has 3 rings (SSSR count). The maximum absolute atomic E-state index is 12.9. The predicted octanol–water partition coefficient (Wildman–Crippen LogP) is 2.64. The van der Waals surface area contributed by atoms with Crippen molar-refractivity contribution in [1.82, 2.24) is 9.80 Å². The van der Waals surface area contributed by atoms with Crippen LogP contribution >= 0.6 is 0 Å². The average molecular weight is 427 g/mol. The molecule has 31 heavy (non-hydrogen) atoms. The van der Waals surface area contributed by atoms with Crippen molar-refractivity contribution in [2.24, 2.45) is 0 Å². The van der Waals surface area contributed by atoms with Crippen molar-refractivity contribution in [2.75, 3.05) is 52.3 Å². The lowest BCUT2D eigenvalue weighted by Crippen LogP contribution is -2.50. The number of hydrogen-bond donors (Lipinski definition) is 1. The zero-order chi connectivity index (χ0) is 22.2. The Morgan fingerprint density at radius 2 is 1.74 bits per heavy atom. The highest BCUT2D eigenvalue weighted by Crippen LogP contribution is 2.25. The van der Waals surface area contributed by atoms with Crippen molar-refractivity contribution in [3.8, 4) is 11.5 Å². The molecule has 1 fully saturated rings. The molecule has 1 aliphatic rings. The Morgan fingerprint density at radius 3 is 2.39 bits per heavy atom. The Bertz CT molecular complexity index is 938. The lowest BCUT2D eigenvalue weighted by atomic mass is 10.1. The van der Waals surface area contributed by atoms with Crippen LogP contribution in [0, 0.1) is 5.82 Å². The number of nitrogens with zero attached hydrogens (tertiary/aromatic N) is 2. The molecule has 1 N–H and O–H groups in total. The second-order valence-corrected chi connectivity index (χ2v) is 7.10. The standard InChI is InChI=1S/C23H26FN3O4/c1-30-20-9-3-17(21(15-20)31-2)4-10-23(29)27-13-11-26(12-14-27)16-22(28)25-19-7-5-18(24)6-8-19/h3-10,15H,11-14,16H2,1-2H3,(H,25,28). The van der Waals surface area contributed by atoms with Crippen LogP contribution in [0.15, 0.2) is 48.5 Å².